The lowest BCUT2D eigenvalue weighted by Gasteiger charge is -2.45. The molecule has 3 saturated carbocycles. The maximum Gasteiger partial charge on any atom is 0.135 e. The molecule has 0 aromatic carbocycles. The molecule has 0 bridgehead atoms. The molecule has 3 aliphatic carbocycles. The van der Waals surface area contributed by atoms with Gasteiger partial charge >= 0.3 is 0 Å². The Hall–Kier alpha value is -0.330. The predicted molar refractivity (Wildman–Crippen MR) is 107 cm³/mol. The van der Waals surface area contributed by atoms with Crippen LogP contribution in [-0.4, -0.2) is 5.78 Å². The molecule has 0 saturated heterocycles. The van der Waals surface area contributed by atoms with Gasteiger partial charge in [0.1, 0.15) is 5.78 Å². The third-order valence-electron chi connectivity index (χ3n) is 8.22. The van der Waals surface area contributed by atoms with Crippen molar-refractivity contribution in [3.8, 4) is 0 Å². The van der Waals surface area contributed by atoms with Gasteiger partial charge in [-0.2, -0.15) is 0 Å². The zero-order chi connectivity index (χ0) is 17.6. The molecule has 0 aromatic rings. The highest BCUT2D eigenvalue weighted by Crippen LogP contribution is 2.49. The van der Waals surface area contributed by atoms with Crippen molar-refractivity contribution in [1.82, 2.24) is 0 Å². The minimum atomic E-state index is 0.413. The number of unbranched alkanes of at least 4 members (excludes halogenated alkanes) is 2. The van der Waals surface area contributed by atoms with E-state index in [4.69, 9.17) is 0 Å². The van der Waals surface area contributed by atoms with E-state index in [0.29, 0.717) is 11.7 Å². The molecule has 0 aliphatic heterocycles. The number of fused-ring (bicyclic) bond motifs is 1. The van der Waals surface area contributed by atoms with Crippen LogP contribution in [0.25, 0.3) is 0 Å². The number of hydrogen-bond acceptors (Lipinski definition) is 1. The molecule has 3 fully saturated rings. The van der Waals surface area contributed by atoms with Gasteiger partial charge < -0.3 is 0 Å². The Kier molecular flexibility index (Phi) is 7.43. The molecule has 25 heavy (non-hydrogen) atoms. The Labute approximate surface area is 156 Å². The highest BCUT2D eigenvalue weighted by molar-refractivity contribution is 5.80. The monoisotopic (exact) mass is 346 g/mol. The average molecular weight is 347 g/mol. The van der Waals surface area contributed by atoms with E-state index < -0.39 is 0 Å². The first-order valence-electron chi connectivity index (χ1n) is 11.7. The molecule has 0 heterocycles. The van der Waals surface area contributed by atoms with Gasteiger partial charge in [-0.15, -0.1) is 0 Å². The number of carbonyl (C=O) groups is 1. The van der Waals surface area contributed by atoms with E-state index in [1.165, 1.54) is 83.5 Å². The van der Waals surface area contributed by atoms with Crippen LogP contribution in [0.5, 0.6) is 0 Å². The topological polar surface area (TPSA) is 17.1 Å². The molecular formula is C24H42O. The number of ketones is 1. The van der Waals surface area contributed by atoms with Crippen molar-refractivity contribution in [3.63, 3.8) is 0 Å². The van der Waals surface area contributed by atoms with Crippen LogP contribution in [0.1, 0.15) is 110 Å². The third-order valence-corrected chi connectivity index (χ3v) is 8.22. The summed E-state index contributed by atoms with van der Waals surface area (Å²) in [4.78, 5) is 12.0. The van der Waals surface area contributed by atoms with Crippen LogP contribution in [0.2, 0.25) is 0 Å². The van der Waals surface area contributed by atoms with Crippen molar-refractivity contribution in [1.29, 1.82) is 0 Å². The van der Waals surface area contributed by atoms with Gasteiger partial charge in [-0.05, 0) is 87.4 Å². The van der Waals surface area contributed by atoms with Crippen molar-refractivity contribution < 1.29 is 4.79 Å². The molecule has 0 radical (unpaired) electrons. The van der Waals surface area contributed by atoms with E-state index in [1.54, 1.807) is 6.42 Å². The number of hydrogen-bond donors (Lipinski definition) is 0. The van der Waals surface area contributed by atoms with Crippen molar-refractivity contribution in [2.24, 2.45) is 35.5 Å². The number of rotatable bonds is 7. The smallest absolute Gasteiger partial charge is 0.135 e. The van der Waals surface area contributed by atoms with Crippen molar-refractivity contribution in [3.05, 3.63) is 0 Å². The Morgan fingerprint density at radius 2 is 1.32 bits per heavy atom. The summed E-state index contributed by atoms with van der Waals surface area (Å²) in [5.74, 6) is 6.06. The number of carbonyl (C=O) groups excluding carboxylic acids is 1. The first-order chi connectivity index (χ1) is 12.2. The highest BCUT2D eigenvalue weighted by atomic mass is 16.1. The van der Waals surface area contributed by atoms with E-state index in [9.17, 15) is 4.79 Å². The van der Waals surface area contributed by atoms with Gasteiger partial charge in [-0.1, -0.05) is 46.0 Å². The highest BCUT2D eigenvalue weighted by Gasteiger charge is 2.39. The van der Waals surface area contributed by atoms with Gasteiger partial charge in [-0.25, -0.2) is 0 Å². The second-order valence-corrected chi connectivity index (χ2v) is 9.70. The zero-order valence-corrected chi connectivity index (χ0v) is 17.0. The second kappa shape index (κ2) is 9.56. The van der Waals surface area contributed by atoms with Gasteiger partial charge in [0.2, 0.25) is 0 Å². The van der Waals surface area contributed by atoms with Gasteiger partial charge in [0.05, 0.1) is 0 Å². The molecule has 0 unspecified atom stereocenters. The SMILES string of the molecule is CCCCC[C@H]1CC[C@@H]2C[C@H](C3CCC(C(=O)CC)CC3)CC[C@H]2C1. The summed E-state index contributed by atoms with van der Waals surface area (Å²) in [5.41, 5.74) is 0. The Bertz CT molecular complexity index is 406. The van der Waals surface area contributed by atoms with E-state index in [1.807, 2.05) is 6.92 Å². The number of Topliss-reactive ketones (excluding diaryl/α,β-unsaturated/α-hetero) is 1. The lowest BCUT2D eigenvalue weighted by molar-refractivity contribution is -0.124. The fourth-order valence-corrected chi connectivity index (χ4v) is 6.60. The first kappa shape index (κ1) is 19.4. The minimum absolute atomic E-state index is 0.413. The Balaban J connectivity index is 1.42. The third kappa shape index (κ3) is 5.10. The standard InChI is InChI=1S/C24H42O/c1-3-5-6-7-18-8-9-23-17-22(15-14-21(23)16-18)19-10-12-20(13-11-19)24(25)4-2/h18-23H,3-17H2,1-2H3/t18-,19?,20?,21-,22+,23+/m0/s1. The Morgan fingerprint density at radius 1 is 0.720 bits per heavy atom. The Morgan fingerprint density at radius 3 is 2.00 bits per heavy atom. The van der Waals surface area contributed by atoms with Crippen molar-refractivity contribution >= 4 is 5.78 Å². The van der Waals surface area contributed by atoms with Gasteiger partial charge in [0, 0.05) is 12.3 Å². The lowest BCUT2D eigenvalue weighted by atomic mass is 9.60. The fourth-order valence-electron chi connectivity index (χ4n) is 6.60. The van der Waals surface area contributed by atoms with Crippen LogP contribution >= 0.6 is 0 Å². The van der Waals surface area contributed by atoms with E-state index in [-0.39, 0.29) is 0 Å². The lowest BCUT2D eigenvalue weighted by Crippen LogP contribution is -2.35. The molecule has 1 heteroatoms. The summed E-state index contributed by atoms with van der Waals surface area (Å²) in [6.45, 7) is 4.36. The summed E-state index contributed by atoms with van der Waals surface area (Å²) < 4.78 is 0. The van der Waals surface area contributed by atoms with Crippen LogP contribution in [0, 0.1) is 35.5 Å². The molecule has 144 valence electrons. The van der Waals surface area contributed by atoms with Gasteiger partial charge in [0.25, 0.3) is 0 Å². The normalized spacial score (nSPS) is 39.0. The van der Waals surface area contributed by atoms with E-state index in [0.717, 1.165) is 36.0 Å². The summed E-state index contributed by atoms with van der Waals surface area (Å²) in [6.07, 6.45) is 20.8. The van der Waals surface area contributed by atoms with Gasteiger partial charge in [0.15, 0.2) is 0 Å². The first-order valence-corrected chi connectivity index (χ1v) is 11.7. The van der Waals surface area contributed by atoms with E-state index in [2.05, 4.69) is 6.92 Å². The molecule has 0 aromatic heterocycles. The summed E-state index contributed by atoms with van der Waals surface area (Å²) in [6, 6.07) is 0. The molecule has 0 amide bonds. The summed E-state index contributed by atoms with van der Waals surface area (Å²) in [7, 11) is 0. The molecule has 0 N–H and O–H groups in total. The fraction of sp³-hybridized carbons (Fsp3) is 0.958. The van der Waals surface area contributed by atoms with Crippen molar-refractivity contribution in [2.45, 2.75) is 110 Å². The molecule has 1 nitrogen and oxygen atoms in total. The predicted octanol–water partition coefficient (Wildman–Crippen LogP) is 7.18. The minimum Gasteiger partial charge on any atom is -0.299 e. The molecule has 3 rings (SSSR count). The van der Waals surface area contributed by atoms with Crippen LogP contribution in [-0.2, 0) is 4.79 Å². The maximum atomic E-state index is 12.0. The van der Waals surface area contributed by atoms with Gasteiger partial charge in [-0.3, -0.25) is 4.79 Å². The summed E-state index contributed by atoms with van der Waals surface area (Å²) >= 11 is 0. The molecular weight excluding hydrogens is 304 g/mol. The molecule has 0 spiro atoms. The molecule has 3 aliphatic rings. The van der Waals surface area contributed by atoms with Crippen LogP contribution in [0.3, 0.4) is 0 Å². The van der Waals surface area contributed by atoms with E-state index >= 15 is 0 Å². The maximum absolute atomic E-state index is 12.0. The van der Waals surface area contributed by atoms with Crippen LogP contribution < -0.4 is 0 Å². The van der Waals surface area contributed by atoms with Crippen molar-refractivity contribution in [2.75, 3.05) is 0 Å². The zero-order valence-electron chi connectivity index (χ0n) is 17.0. The average Bonchev–Trinajstić information content (AvgIpc) is 2.67. The second-order valence-electron chi connectivity index (χ2n) is 9.70. The quantitative estimate of drug-likeness (QED) is 0.446. The van der Waals surface area contributed by atoms with Crippen LogP contribution in [0.4, 0.5) is 0 Å². The summed E-state index contributed by atoms with van der Waals surface area (Å²) in [5, 5.41) is 0. The molecule has 4 atom stereocenters. The largest absolute Gasteiger partial charge is 0.299 e. The van der Waals surface area contributed by atoms with Crippen LogP contribution in [0.15, 0.2) is 0 Å².